The maximum absolute atomic E-state index is 14.2. The number of nitriles is 2. The number of rotatable bonds is 4. The summed E-state index contributed by atoms with van der Waals surface area (Å²) in [7, 11) is 1.43. The van der Waals surface area contributed by atoms with Gasteiger partial charge in [0.25, 0.3) is 23.6 Å². The Morgan fingerprint density at radius 2 is 1.17 bits per heavy atom. The third-order valence-corrected chi connectivity index (χ3v) is 15.8. The Kier molecular flexibility index (Phi) is 9.88. The third kappa shape index (κ3) is 6.12. The van der Waals surface area contributed by atoms with Crippen LogP contribution in [-0.4, -0.2) is 46.6 Å². The first-order valence-corrected chi connectivity index (χ1v) is 22.8. The fourth-order valence-corrected chi connectivity index (χ4v) is 12.4. The minimum absolute atomic E-state index is 0.00795. The highest BCUT2D eigenvalue weighted by molar-refractivity contribution is 7.25. The van der Waals surface area contributed by atoms with Gasteiger partial charge in [-0.2, -0.15) is 15.4 Å². The molecule has 2 fully saturated rings. The SMILES string of the molecule is CC1=C(C#N)C(=O)N(C)C(=O)/C1=C\C1=Cc2cc3sc4cc5c(cc4c3cc2C12CCCCC2)C1(CCCCC1)C(/C=C1/C(=O)N(C(=O)OCc2ccccc2)C(=O)C(C#N)=C1C)=C5. The maximum atomic E-state index is 14.2. The van der Waals surface area contributed by atoms with Crippen molar-refractivity contribution in [2.24, 2.45) is 0 Å². The van der Waals surface area contributed by atoms with E-state index < -0.39 is 35.1 Å². The molecule has 0 saturated heterocycles. The van der Waals surface area contributed by atoms with Gasteiger partial charge in [0.1, 0.15) is 29.9 Å². The highest BCUT2D eigenvalue weighted by atomic mass is 32.1. The van der Waals surface area contributed by atoms with Crippen molar-refractivity contribution in [2.75, 3.05) is 7.05 Å². The summed E-state index contributed by atoms with van der Waals surface area (Å²) >= 11 is 1.73. The van der Waals surface area contributed by atoms with Crippen molar-refractivity contribution in [3.05, 3.63) is 139 Å². The van der Waals surface area contributed by atoms with Crippen LogP contribution in [0.25, 0.3) is 32.3 Å². The molecule has 0 N–H and O–H groups in total. The molecule has 2 saturated carbocycles. The van der Waals surface area contributed by atoms with Crippen molar-refractivity contribution in [3.8, 4) is 12.1 Å². The van der Waals surface area contributed by atoms with Crippen LogP contribution in [0, 0.1) is 22.7 Å². The summed E-state index contributed by atoms with van der Waals surface area (Å²) in [5.74, 6) is -2.78. The number of ether oxygens (including phenoxy) is 1. The molecule has 10 rings (SSSR count). The predicted octanol–water partition coefficient (Wildman–Crippen LogP) is 10.5. The average molecular weight is 865 g/mol. The summed E-state index contributed by atoms with van der Waals surface area (Å²) in [6.45, 7) is 3.14. The van der Waals surface area contributed by atoms with Gasteiger partial charge in [-0.25, -0.2) is 4.79 Å². The summed E-state index contributed by atoms with van der Waals surface area (Å²) in [4.78, 5) is 69.0. The molecule has 2 spiro atoms. The first-order chi connectivity index (χ1) is 30.9. The fraction of sp³-hybridized carbons (Fsp3) is 0.302. The quantitative estimate of drug-likeness (QED) is 0.145. The van der Waals surface area contributed by atoms with Crippen LogP contribution in [0.2, 0.25) is 0 Å². The van der Waals surface area contributed by atoms with Gasteiger partial charge in [0.2, 0.25) is 0 Å². The number of benzene rings is 3. The Hall–Kier alpha value is -6.95. The molecule has 0 unspecified atom stereocenters. The first kappa shape index (κ1) is 41.1. The Balaban J connectivity index is 1.06. The molecule has 0 atom stereocenters. The van der Waals surface area contributed by atoms with Crippen molar-refractivity contribution in [1.82, 2.24) is 9.80 Å². The molecule has 4 aromatic rings. The molecular formula is C53H44N4O6S. The summed E-state index contributed by atoms with van der Waals surface area (Å²) in [5.41, 5.74) is 7.42. The Morgan fingerprint density at radius 3 is 1.67 bits per heavy atom. The minimum atomic E-state index is -1.12. The zero-order valence-electron chi connectivity index (χ0n) is 35.9. The molecule has 0 bridgehead atoms. The number of hydrogen-bond donors (Lipinski definition) is 0. The van der Waals surface area contributed by atoms with Crippen LogP contribution in [0.1, 0.15) is 106 Å². The first-order valence-electron chi connectivity index (χ1n) is 22.0. The number of thiophene rings is 1. The number of carbonyl (C=O) groups is 5. The van der Waals surface area contributed by atoms with E-state index in [9.17, 15) is 34.5 Å². The van der Waals surface area contributed by atoms with Gasteiger partial charge in [-0.15, -0.1) is 11.3 Å². The van der Waals surface area contributed by atoms with Crippen LogP contribution in [0.4, 0.5) is 4.79 Å². The van der Waals surface area contributed by atoms with E-state index in [2.05, 4.69) is 36.4 Å². The number of carbonyl (C=O) groups excluding carboxylic acids is 5. The number of hydrogen-bond acceptors (Lipinski definition) is 9. The predicted molar refractivity (Wildman–Crippen MR) is 244 cm³/mol. The van der Waals surface area contributed by atoms with Gasteiger partial charge in [-0.3, -0.25) is 24.1 Å². The van der Waals surface area contributed by atoms with E-state index in [4.69, 9.17) is 4.74 Å². The summed E-state index contributed by atoms with van der Waals surface area (Å²) in [6.07, 6.45) is 16.8. The normalized spacial score (nSPS) is 21.6. The van der Waals surface area contributed by atoms with Crippen LogP contribution in [0.5, 0.6) is 0 Å². The van der Waals surface area contributed by atoms with Gasteiger partial charge in [-0.1, -0.05) is 81.0 Å². The van der Waals surface area contributed by atoms with E-state index in [0.29, 0.717) is 21.6 Å². The van der Waals surface area contributed by atoms with Crippen LogP contribution in [0.15, 0.2) is 111 Å². The van der Waals surface area contributed by atoms with E-state index in [1.807, 2.05) is 24.3 Å². The number of likely N-dealkylation sites (N-methyl/N-ethyl adjacent to an activating group) is 1. The standard InChI is InChI=1S/C53H44N4O6S/c1-30-37(47(58)56(3)48(59)41(30)27-54)23-35-19-33-21-45-39(25-43(33)52(35)15-9-5-10-16-52)40-26-44-34(22-46(40)64-45)20-36(53(44)17-11-6-12-18-53)24-38-31(2)42(28-55)50(61)57(49(38)60)51(62)63-29-32-13-7-4-8-14-32/h4,7-8,13-14,19-26H,5-6,9-12,15-18,29H2,1-3H3/b37-23-,38-24+. The van der Waals surface area contributed by atoms with Gasteiger partial charge in [-0.05, 0) is 126 Å². The molecular weight excluding hydrogens is 821 g/mol. The van der Waals surface area contributed by atoms with Crippen LogP contribution in [-0.2, 0) is 41.4 Å². The van der Waals surface area contributed by atoms with E-state index in [0.717, 1.165) is 112 Å². The molecule has 3 heterocycles. The summed E-state index contributed by atoms with van der Waals surface area (Å²) in [6, 6.07) is 22.2. The van der Waals surface area contributed by atoms with Crippen molar-refractivity contribution >= 4 is 73.4 Å². The zero-order valence-corrected chi connectivity index (χ0v) is 36.7. The zero-order chi connectivity index (χ0) is 44.7. The van der Waals surface area contributed by atoms with Crippen molar-refractivity contribution < 1.29 is 28.7 Å². The Bertz CT molecular complexity index is 3110. The molecule has 318 valence electrons. The van der Waals surface area contributed by atoms with Crippen LogP contribution >= 0.6 is 11.3 Å². The number of amides is 5. The highest BCUT2D eigenvalue weighted by Crippen LogP contribution is 2.57. The van der Waals surface area contributed by atoms with Gasteiger partial charge >= 0.3 is 6.09 Å². The molecule has 2 aliphatic heterocycles. The second kappa shape index (κ2) is 15.4. The van der Waals surface area contributed by atoms with Crippen molar-refractivity contribution in [3.63, 3.8) is 0 Å². The van der Waals surface area contributed by atoms with Gasteiger partial charge in [0, 0.05) is 49.2 Å². The highest BCUT2D eigenvalue weighted by Gasteiger charge is 2.46. The molecule has 1 aromatic heterocycles. The molecule has 4 aliphatic carbocycles. The van der Waals surface area contributed by atoms with E-state index in [1.165, 1.54) is 18.2 Å². The molecule has 3 aromatic carbocycles. The largest absolute Gasteiger partial charge is 0.444 e. The van der Waals surface area contributed by atoms with Gasteiger partial charge in [0.15, 0.2) is 0 Å². The summed E-state index contributed by atoms with van der Waals surface area (Å²) < 4.78 is 7.73. The van der Waals surface area contributed by atoms with E-state index in [-0.39, 0.29) is 34.3 Å². The average Bonchev–Trinajstić information content (AvgIpc) is 3.89. The maximum Gasteiger partial charge on any atom is 0.424 e. The van der Waals surface area contributed by atoms with Crippen LogP contribution < -0.4 is 0 Å². The van der Waals surface area contributed by atoms with Crippen molar-refractivity contribution in [2.45, 2.75) is 95.5 Å². The van der Waals surface area contributed by atoms with Crippen LogP contribution in [0.3, 0.4) is 0 Å². The third-order valence-electron chi connectivity index (χ3n) is 14.7. The number of nitrogens with zero attached hydrogens (tertiary/aromatic N) is 4. The van der Waals surface area contributed by atoms with E-state index in [1.54, 1.807) is 55.5 Å². The topological polar surface area (TPSA) is 149 Å². The lowest BCUT2D eigenvalue weighted by Gasteiger charge is -2.37. The van der Waals surface area contributed by atoms with E-state index >= 15 is 0 Å². The smallest absolute Gasteiger partial charge is 0.424 e. The van der Waals surface area contributed by atoms with Gasteiger partial charge in [0.05, 0.1) is 0 Å². The van der Waals surface area contributed by atoms with Crippen molar-refractivity contribution in [1.29, 1.82) is 10.5 Å². The lowest BCUT2D eigenvalue weighted by Crippen LogP contribution is -2.46. The molecule has 10 nitrogen and oxygen atoms in total. The number of allylic oxidation sites excluding steroid dienone is 4. The Morgan fingerprint density at radius 1 is 0.688 bits per heavy atom. The summed E-state index contributed by atoms with van der Waals surface area (Å²) in [5, 5.41) is 22.3. The second-order valence-electron chi connectivity index (χ2n) is 18.0. The second-order valence-corrected chi connectivity index (χ2v) is 19.0. The molecule has 6 aliphatic rings. The molecule has 64 heavy (non-hydrogen) atoms. The fourth-order valence-electron chi connectivity index (χ4n) is 11.2. The lowest BCUT2D eigenvalue weighted by atomic mass is 9.66. The van der Waals surface area contributed by atoms with Gasteiger partial charge < -0.3 is 4.74 Å². The lowest BCUT2D eigenvalue weighted by molar-refractivity contribution is -0.140. The molecule has 11 heteroatoms. The monoisotopic (exact) mass is 864 g/mol. The number of imide groups is 4. The molecule has 0 radical (unpaired) electrons. The number of fused-ring (bicyclic) bond motifs is 7. The molecule has 5 amide bonds. The minimum Gasteiger partial charge on any atom is -0.444 e. The Labute approximate surface area is 374 Å².